The fraction of sp³-hybridized carbons (Fsp3) is 0.444. The largest absolute Gasteiger partial charge is 0.347 e. The van der Waals surface area contributed by atoms with E-state index < -0.39 is 51.1 Å². The zero-order chi connectivity index (χ0) is 28.1. The number of sulfone groups is 1. The molecule has 10 nitrogen and oxygen atoms in total. The van der Waals surface area contributed by atoms with Gasteiger partial charge in [0.05, 0.1) is 24.0 Å². The monoisotopic (exact) mass is 539 g/mol. The first kappa shape index (κ1) is 28.8. The molecule has 1 fully saturated rings. The number of benzene rings is 1. The van der Waals surface area contributed by atoms with Gasteiger partial charge in [-0.1, -0.05) is 45.0 Å². The fourth-order valence-corrected chi connectivity index (χ4v) is 4.77. The van der Waals surface area contributed by atoms with E-state index in [4.69, 9.17) is 5.26 Å². The van der Waals surface area contributed by atoms with Crippen LogP contribution in [0.3, 0.4) is 0 Å². The second-order valence-corrected chi connectivity index (χ2v) is 12.4. The smallest absolute Gasteiger partial charge is 0.270 e. The minimum Gasteiger partial charge on any atom is -0.347 e. The van der Waals surface area contributed by atoms with Crippen molar-refractivity contribution in [2.45, 2.75) is 58.2 Å². The summed E-state index contributed by atoms with van der Waals surface area (Å²) in [6, 6.07) is 10.2. The van der Waals surface area contributed by atoms with E-state index in [-0.39, 0.29) is 12.1 Å². The van der Waals surface area contributed by atoms with Gasteiger partial charge in [0.15, 0.2) is 9.84 Å². The number of likely N-dealkylation sites (tertiary alicyclic amines) is 1. The van der Waals surface area contributed by atoms with Crippen molar-refractivity contribution in [2.75, 3.05) is 12.8 Å². The number of nitriles is 1. The number of hydrogen-bond acceptors (Lipinski definition) is 7. The number of nitrogens with one attached hydrogen (secondary N) is 2. The molecular weight excluding hydrogens is 506 g/mol. The van der Waals surface area contributed by atoms with Crippen molar-refractivity contribution in [3.63, 3.8) is 0 Å². The van der Waals surface area contributed by atoms with Crippen LogP contribution in [0.5, 0.6) is 0 Å². The standard InChI is InChI=1S/C27H33N5O5S/c1-27(2,3)23(31-24(33)21-12-11-18-8-5-6-9-20(18)30-21)26(35)32-16-7-10-22(32)25(34)29-19(13-15-28)14-17-38(4,36)37/h5-6,8-9,11-12,14,17,19,22-23H,7,10,13,16H2,1-4H3,(H,29,34)(H,31,33)/t19-,22+,23+/m0/s1. The lowest BCUT2D eigenvalue weighted by molar-refractivity contribution is -0.142. The molecule has 0 unspecified atom stereocenters. The second-order valence-electron chi connectivity index (χ2n) is 10.5. The first-order valence-corrected chi connectivity index (χ1v) is 14.3. The topological polar surface area (TPSA) is 149 Å². The highest BCUT2D eigenvalue weighted by molar-refractivity contribution is 7.93. The molecule has 2 aromatic rings. The summed E-state index contributed by atoms with van der Waals surface area (Å²) in [5.41, 5.74) is 0.166. The van der Waals surface area contributed by atoms with Gasteiger partial charge in [-0.25, -0.2) is 13.4 Å². The summed E-state index contributed by atoms with van der Waals surface area (Å²) in [6.07, 6.45) is 3.14. The summed E-state index contributed by atoms with van der Waals surface area (Å²) < 4.78 is 22.9. The van der Waals surface area contributed by atoms with Gasteiger partial charge in [0.25, 0.3) is 5.91 Å². The number of nitrogens with zero attached hydrogens (tertiary/aromatic N) is 3. The Morgan fingerprint density at radius 1 is 1.18 bits per heavy atom. The molecule has 1 aliphatic rings. The lowest BCUT2D eigenvalue weighted by Crippen LogP contribution is -2.58. The molecule has 2 heterocycles. The van der Waals surface area contributed by atoms with E-state index in [1.807, 2.05) is 45.0 Å². The van der Waals surface area contributed by atoms with Crippen molar-refractivity contribution in [2.24, 2.45) is 5.41 Å². The minimum atomic E-state index is -3.44. The first-order chi connectivity index (χ1) is 17.8. The number of carbonyl (C=O) groups excluding carboxylic acids is 3. The molecule has 1 aromatic carbocycles. The van der Waals surface area contributed by atoms with E-state index in [9.17, 15) is 22.8 Å². The zero-order valence-corrected chi connectivity index (χ0v) is 22.8. The lowest BCUT2D eigenvalue weighted by atomic mass is 9.85. The van der Waals surface area contributed by atoms with Crippen molar-refractivity contribution >= 4 is 38.5 Å². The van der Waals surface area contributed by atoms with E-state index in [1.54, 1.807) is 18.2 Å². The number of amides is 3. The van der Waals surface area contributed by atoms with Crippen LogP contribution >= 0.6 is 0 Å². The van der Waals surface area contributed by atoms with E-state index in [0.717, 1.165) is 17.1 Å². The van der Waals surface area contributed by atoms with E-state index in [1.165, 1.54) is 11.0 Å². The Labute approximate surface area is 223 Å². The number of para-hydroxylation sites is 1. The predicted molar refractivity (Wildman–Crippen MR) is 143 cm³/mol. The Morgan fingerprint density at radius 3 is 2.55 bits per heavy atom. The maximum Gasteiger partial charge on any atom is 0.270 e. The van der Waals surface area contributed by atoms with Crippen LogP contribution in [0.25, 0.3) is 10.9 Å². The Balaban J connectivity index is 1.78. The molecule has 0 aliphatic carbocycles. The third-order valence-corrected chi connectivity index (χ3v) is 6.91. The maximum absolute atomic E-state index is 13.7. The minimum absolute atomic E-state index is 0.127. The number of rotatable bonds is 8. The summed E-state index contributed by atoms with van der Waals surface area (Å²) in [7, 11) is -3.44. The highest BCUT2D eigenvalue weighted by Crippen LogP contribution is 2.26. The van der Waals surface area contributed by atoms with Crippen LogP contribution in [-0.4, -0.2) is 66.9 Å². The summed E-state index contributed by atoms with van der Waals surface area (Å²) >= 11 is 0. The molecule has 1 saturated heterocycles. The van der Waals surface area contributed by atoms with E-state index >= 15 is 0 Å². The molecule has 0 radical (unpaired) electrons. The summed E-state index contributed by atoms with van der Waals surface area (Å²) in [5, 5.41) is 16.4. The molecular formula is C27H33N5O5S. The van der Waals surface area contributed by atoms with Crippen LogP contribution in [0.4, 0.5) is 0 Å². The van der Waals surface area contributed by atoms with Gasteiger partial charge in [0, 0.05) is 23.6 Å². The van der Waals surface area contributed by atoms with Crippen molar-refractivity contribution in [3.8, 4) is 6.07 Å². The van der Waals surface area contributed by atoms with Crippen molar-refractivity contribution in [1.82, 2.24) is 20.5 Å². The average molecular weight is 540 g/mol. The molecule has 3 atom stereocenters. The average Bonchev–Trinajstić information content (AvgIpc) is 3.34. The number of pyridine rings is 1. The molecule has 2 N–H and O–H groups in total. The van der Waals surface area contributed by atoms with Crippen molar-refractivity contribution < 1.29 is 22.8 Å². The highest BCUT2D eigenvalue weighted by Gasteiger charge is 2.42. The van der Waals surface area contributed by atoms with Gasteiger partial charge in [0.1, 0.15) is 17.8 Å². The quantitative estimate of drug-likeness (QED) is 0.523. The SMILES string of the molecule is CC(C)(C)[C@H](NC(=O)c1ccc2ccccc2n1)C(=O)N1CCC[C@@H]1C(=O)N[C@H](C=CS(C)(=O)=O)CC#N. The Kier molecular flexibility index (Phi) is 8.89. The van der Waals surface area contributed by atoms with Crippen LogP contribution in [-0.2, 0) is 19.4 Å². The van der Waals surface area contributed by atoms with Crippen LogP contribution < -0.4 is 10.6 Å². The summed E-state index contributed by atoms with van der Waals surface area (Å²) in [6.45, 7) is 5.81. The van der Waals surface area contributed by atoms with Gasteiger partial charge in [0.2, 0.25) is 11.8 Å². The Morgan fingerprint density at radius 2 is 1.89 bits per heavy atom. The molecule has 1 aliphatic heterocycles. The number of hydrogen-bond donors (Lipinski definition) is 2. The fourth-order valence-electron chi connectivity index (χ4n) is 4.30. The molecule has 1 aromatic heterocycles. The lowest BCUT2D eigenvalue weighted by Gasteiger charge is -2.35. The molecule has 0 saturated carbocycles. The third kappa shape index (κ3) is 7.38. The predicted octanol–water partition coefficient (Wildman–Crippen LogP) is 2.33. The molecule has 3 rings (SSSR count). The molecule has 11 heteroatoms. The number of carbonyl (C=O) groups is 3. The van der Waals surface area contributed by atoms with Crippen LogP contribution in [0.1, 0.15) is 50.5 Å². The van der Waals surface area contributed by atoms with Crippen molar-refractivity contribution in [1.29, 1.82) is 5.26 Å². The van der Waals surface area contributed by atoms with Gasteiger partial charge in [-0.05, 0) is 36.5 Å². The third-order valence-electron chi connectivity index (χ3n) is 6.25. The van der Waals surface area contributed by atoms with E-state index in [0.29, 0.717) is 24.9 Å². The normalized spacial score (nSPS) is 17.7. The van der Waals surface area contributed by atoms with Crippen LogP contribution in [0.2, 0.25) is 0 Å². The summed E-state index contributed by atoms with van der Waals surface area (Å²) in [4.78, 5) is 45.8. The Bertz CT molecular complexity index is 1390. The number of fused-ring (bicyclic) bond motifs is 1. The summed E-state index contributed by atoms with van der Waals surface area (Å²) in [5.74, 6) is -1.37. The van der Waals surface area contributed by atoms with Gasteiger partial charge in [-0.15, -0.1) is 0 Å². The van der Waals surface area contributed by atoms with Gasteiger partial charge in [-0.2, -0.15) is 5.26 Å². The van der Waals surface area contributed by atoms with Gasteiger partial charge < -0.3 is 15.5 Å². The van der Waals surface area contributed by atoms with Crippen molar-refractivity contribution in [3.05, 3.63) is 53.6 Å². The second kappa shape index (κ2) is 11.7. The Hall–Kier alpha value is -3.78. The van der Waals surface area contributed by atoms with Crippen LogP contribution in [0, 0.1) is 16.7 Å². The maximum atomic E-state index is 13.7. The molecule has 0 bridgehead atoms. The van der Waals surface area contributed by atoms with Gasteiger partial charge in [-0.3, -0.25) is 14.4 Å². The molecule has 3 amide bonds. The molecule has 0 spiro atoms. The first-order valence-electron chi connectivity index (χ1n) is 12.3. The van der Waals surface area contributed by atoms with E-state index in [2.05, 4.69) is 15.6 Å². The highest BCUT2D eigenvalue weighted by atomic mass is 32.2. The molecule has 202 valence electrons. The molecule has 38 heavy (non-hydrogen) atoms. The number of aromatic nitrogens is 1. The zero-order valence-electron chi connectivity index (χ0n) is 22.0. The van der Waals surface area contributed by atoms with Crippen LogP contribution in [0.15, 0.2) is 47.9 Å². The van der Waals surface area contributed by atoms with Gasteiger partial charge >= 0.3 is 0 Å².